The molecule has 0 aromatic heterocycles. The second kappa shape index (κ2) is 5.61. The number of hydrogen-bond acceptors (Lipinski definition) is 2. The highest BCUT2D eigenvalue weighted by Gasteiger charge is 2.27. The Labute approximate surface area is 133 Å². The van der Waals surface area contributed by atoms with Gasteiger partial charge in [0.2, 0.25) is 10.0 Å². The van der Waals surface area contributed by atoms with E-state index in [-0.39, 0.29) is 10.9 Å². The fourth-order valence-corrected chi connectivity index (χ4v) is 4.59. The lowest BCUT2D eigenvalue weighted by molar-refractivity contribution is 0.554. The maximum atomic E-state index is 12.5. The zero-order valence-corrected chi connectivity index (χ0v) is 13.3. The number of benzene rings is 2. The number of sulfonamides is 1. The van der Waals surface area contributed by atoms with Gasteiger partial charge in [0, 0.05) is 16.1 Å². The van der Waals surface area contributed by atoms with Crippen LogP contribution in [0.5, 0.6) is 0 Å². The van der Waals surface area contributed by atoms with Crippen molar-refractivity contribution in [1.29, 1.82) is 0 Å². The first-order valence-corrected chi connectivity index (χ1v) is 8.76. The Hall–Kier alpha value is -1.07. The van der Waals surface area contributed by atoms with Crippen LogP contribution in [0.4, 0.5) is 0 Å². The van der Waals surface area contributed by atoms with E-state index in [2.05, 4.69) is 4.72 Å². The number of nitrogens with one attached hydrogen (secondary N) is 1. The average Bonchev–Trinajstić information content (AvgIpc) is 2.81. The van der Waals surface area contributed by atoms with Gasteiger partial charge < -0.3 is 0 Å². The van der Waals surface area contributed by atoms with Gasteiger partial charge in [-0.25, -0.2) is 13.1 Å². The molecule has 1 aliphatic carbocycles. The average molecular weight is 342 g/mol. The molecule has 0 spiro atoms. The second-order valence-electron chi connectivity index (χ2n) is 5.02. The van der Waals surface area contributed by atoms with Gasteiger partial charge in [-0.1, -0.05) is 47.5 Å². The Bertz CT molecular complexity index is 770. The Morgan fingerprint density at radius 2 is 1.71 bits per heavy atom. The minimum atomic E-state index is -3.65. The summed E-state index contributed by atoms with van der Waals surface area (Å²) in [5.41, 5.74) is 2.23. The van der Waals surface area contributed by atoms with Gasteiger partial charge in [-0.2, -0.15) is 0 Å². The van der Waals surface area contributed by atoms with Gasteiger partial charge in [0.15, 0.2) is 0 Å². The van der Waals surface area contributed by atoms with Gasteiger partial charge >= 0.3 is 0 Å². The number of rotatable bonds is 3. The summed E-state index contributed by atoms with van der Waals surface area (Å²) in [6.45, 7) is 0. The summed E-state index contributed by atoms with van der Waals surface area (Å²) in [5, 5.41) is 0.601. The third kappa shape index (κ3) is 3.09. The minimum Gasteiger partial charge on any atom is -0.207 e. The Balaban J connectivity index is 1.91. The second-order valence-corrected chi connectivity index (χ2v) is 7.60. The first-order valence-electron chi connectivity index (χ1n) is 6.52. The van der Waals surface area contributed by atoms with Gasteiger partial charge in [0.25, 0.3) is 0 Å². The van der Waals surface area contributed by atoms with Crippen molar-refractivity contribution >= 4 is 33.2 Å². The summed E-state index contributed by atoms with van der Waals surface area (Å²) in [4.78, 5) is 0.0874. The van der Waals surface area contributed by atoms with Crippen molar-refractivity contribution in [3.8, 4) is 0 Å². The molecule has 0 saturated carbocycles. The van der Waals surface area contributed by atoms with E-state index in [1.165, 1.54) is 23.8 Å². The van der Waals surface area contributed by atoms with Crippen LogP contribution in [-0.4, -0.2) is 8.42 Å². The lowest BCUT2D eigenvalue weighted by Gasteiger charge is -2.15. The van der Waals surface area contributed by atoms with Crippen LogP contribution >= 0.6 is 23.2 Å². The van der Waals surface area contributed by atoms with Gasteiger partial charge in [-0.3, -0.25) is 0 Å². The number of aryl methyl sites for hydroxylation is 1. The van der Waals surface area contributed by atoms with Crippen LogP contribution in [0.25, 0.3) is 0 Å². The van der Waals surface area contributed by atoms with Gasteiger partial charge in [-0.15, -0.1) is 0 Å². The van der Waals surface area contributed by atoms with E-state index < -0.39 is 10.0 Å². The molecule has 0 bridgehead atoms. The summed E-state index contributed by atoms with van der Waals surface area (Å²) < 4.78 is 27.7. The quantitative estimate of drug-likeness (QED) is 0.918. The van der Waals surface area contributed by atoms with Crippen molar-refractivity contribution in [3.63, 3.8) is 0 Å². The van der Waals surface area contributed by atoms with E-state index in [4.69, 9.17) is 23.2 Å². The van der Waals surface area contributed by atoms with Gasteiger partial charge in [0.1, 0.15) is 0 Å². The molecular weight excluding hydrogens is 329 g/mol. The molecule has 1 N–H and O–H groups in total. The van der Waals surface area contributed by atoms with Crippen LogP contribution in [0.3, 0.4) is 0 Å². The maximum absolute atomic E-state index is 12.5. The molecule has 2 aromatic carbocycles. The minimum absolute atomic E-state index is 0.0874. The topological polar surface area (TPSA) is 46.2 Å². The van der Waals surface area contributed by atoms with Crippen LogP contribution in [0.2, 0.25) is 10.0 Å². The largest absolute Gasteiger partial charge is 0.241 e. The molecule has 0 aliphatic heterocycles. The van der Waals surface area contributed by atoms with Crippen LogP contribution in [-0.2, 0) is 16.4 Å². The van der Waals surface area contributed by atoms with Crippen molar-refractivity contribution in [2.75, 3.05) is 0 Å². The Kier molecular flexibility index (Phi) is 3.97. The van der Waals surface area contributed by atoms with Crippen molar-refractivity contribution in [1.82, 2.24) is 4.72 Å². The van der Waals surface area contributed by atoms with Crippen molar-refractivity contribution in [2.45, 2.75) is 23.8 Å². The highest BCUT2D eigenvalue weighted by molar-refractivity contribution is 7.89. The molecule has 3 nitrogen and oxygen atoms in total. The Morgan fingerprint density at radius 1 is 1.05 bits per heavy atom. The van der Waals surface area contributed by atoms with Crippen molar-refractivity contribution < 1.29 is 8.42 Å². The summed E-state index contributed by atoms with van der Waals surface area (Å²) in [7, 11) is -3.65. The van der Waals surface area contributed by atoms with Crippen molar-refractivity contribution in [3.05, 3.63) is 63.6 Å². The van der Waals surface area contributed by atoms with Crippen LogP contribution in [0, 0.1) is 0 Å². The highest BCUT2D eigenvalue weighted by atomic mass is 35.5. The van der Waals surface area contributed by atoms with Crippen LogP contribution in [0.15, 0.2) is 47.4 Å². The molecule has 1 aliphatic rings. The van der Waals surface area contributed by atoms with E-state index in [1.807, 2.05) is 24.3 Å². The van der Waals surface area contributed by atoms with Crippen LogP contribution < -0.4 is 4.72 Å². The fraction of sp³-hybridized carbons (Fsp3) is 0.200. The standard InChI is InChI=1S/C15H13Cl2NO2S/c16-11-7-12(17)9-13(8-11)21(19,20)18-15-6-5-10-3-1-2-4-14(10)15/h1-4,7-9,15,18H,5-6H2/t15-/m0/s1. The van der Waals surface area contributed by atoms with E-state index in [0.29, 0.717) is 10.0 Å². The van der Waals surface area contributed by atoms with E-state index in [0.717, 1.165) is 18.4 Å². The predicted octanol–water partition coefficient (Wildman–Crippen LogP) is 3.96. The van der Waals surface area contributed by atoms with E-state index in [1.54, 1.807) is 0 Å². The third-order valence-electron chi connectivity index (χ3n) is 3.58. The van der Waals surface area contributed by atoms with E-state index >= 15 is 0 Å². The molecule has 0 fully saturated rings. The molecule has 0 radical (unpaired) electrons. The monoisotopic (exact) mass is 341 g/mol. The summed E-state index contributed by atoms with van der Waals surface area (Å²) >= 11 is 11.8. The smallest absolute Gasteiger partial charge is 0.207 e. The SMILES string of the molecule is O=S(=O)(N[C@H]1CCc2ccccc21)c1cc(Cl)cc(Cl)c1. The molecule has 110 valence electrons. The molecular formula is C15H13Cl2NO2S. The fourth-order valence-electron chi connectivity index (χ4n) is 2.62. The molecule has 0 amide bonds. The summed E-state index contributed by atoms with van der Waals surface area (Å²) in [6.07, 6.45) is 1.63. The normalized spacial score (nSPS) is 17.7. The van der Waals surface area contributed by atoms with Gasteiger partial charge in [-0.05, 0) is 42.2 Å². The lowest BCUT2D eigenvalue weighted by atomic mass is 10.1. The number of halogens is 2. The van der Waals surface area contributed by atoms with Crippen molar-refractivity contribution in [2.24, 2.45) is 0 Å². The highest BCUT2D eigenvalue weighted by Crippen LogP contribution is 2.32. The summed E-state index contributed by atoms with van der Waals surface area (Å²) in [6, 6.07) is 12.0. The molecule has 0 saturated heterocycles. The molecule has 6 heteroatoms. The van der Waals surface area contributed by atoms with Crippen LogP contribution in [0.1, 0.15) is 23.6 Å². The third-order valence-corrected chi connectivity index (χ3v) is 5.46. The first kappa shape index (κ1) is 14.9. The van der Waals surface area contributed by atoms with Gasteiger partial charge in [0.05, 0.1) is 4.90 Å². The molecule has 2 aromatic rings. The summed E-state index contributed by atoms with van der Waals surface area (Å²) in [5.74, 6) is 0. The molecule has 0 unspecified atom stereocenters. The zero-order valence-electron chi connectivity index (χ0n) is 11.0. The van der Waals surface area contributed by atoms with E-state index in [9.17, 15) is 8.42 Å². The number of hydrogen-bond donors (Lipinski definition) is 1. The molecule has 3 rings (SSSR count). The number of fused-ring (bicyclic) bond motifs is 1. The lowest BCUT2D eigenvalue weighted by Crippen LogP contribution is -2.27. The molecule has 0 heterocycles. The predicted molar refractivity (Wildman–Crippen MR) is 84.3 cm³/mol. The zero-order chi connectivity index (χ0) is 15.0. The Morgan fingerprint density at radius 3 is 2.43 bits per heavy atom. The first-order chi connectivity index (χ1) is 9.95. The maximum Gasteiger partial charge on any atom is 0.241 e. The molecule has 1 atom stereocenters. The molecule has 21 heavy (non-hydrogen) atoms.